The molecule has 0 fully saturated rings. The van der Waals surface area contributed by atoms with Crippen LogP contribution in [-0.2, 0) is 25.6 Å². The molecule has 32 heavy (non-hydrogen) atoms. The van der Waals surface area contributed by atoms with Gasteiger partial charge in [0.05, 0.1) is 12.4 Å². The fourth-order valence-corrected chi connectivity index (χ4v) is 3.00. The third kappa shape index (κ3) is 8.85. The Morgan fingerprint density at radius 2 is 1.62 bits per heavy atom. The van der Waals surface area contributed by atoms with Gasteiger partial charge in [-0.25, -0.2) is 9.78 Å². The van der Waals surface area contributed by atoms with Gasteiger partial charge in [0.15, 0.2) is 0 Å². The number of hydrogen-bond acceptors (Lipinski definition) is 8. The SMILES string of the molecule is CC(C)CC(NC(=O)C(N)C(C)O)C(=O)NC(CS)C(=O)NC(Cc1cnc[nH]1)C(=O)O. The molecule has 0 spiro atoms. The molecule has 12 nitrogen and oxygen atoms in total. The molecule has 0 aliphatic heterocycles. The molecule has 0 aromatic carbocycles. The van der Waals surface area contributed by atoms with Gasteiger partial charge in [0.2, 0.25) is 17.7 Å². The highest BCUT2D eigenvalue weighted by atomic mass is 32.1. The summed E-state index contributed by atoms with van der Waals surface area (Å²) in [5, 5.41) is 26.3. The maximum Gasteiger partial charge on any atom is 0.326 e. The Labute approximate surface area is 191 Å². The van der Waals surface area contributed by atoms with Crippen LogP contribution in [0.15, 0.2) is 12.5 Å². The van der Waals surface area contributed by atoms with Crippen LogP contribution < -0.4 is 21.7 Å². The van der Waals surface area contributed by atoms with Gasteiger partial charge in [0, 0.05) is 24.1 Å². The van der Waals surface area contributed by atoms with Gasteiger partial charge in [-0.1, -0.05) is 13.8 Å². The van der Waals surface area contributed by atoms with Crippen LogP contribution in [0.4, 0.5) is 0 Å². The fourth-order valence-electron chi connectivity index (χ4n) is 2.74. The molecule has 0 saturated carbocycles. The van der Waals surface area contributed by atoms with Crippen LogP contribution in [0.2, 0.25) is 0 Å². The van der Waals surface area contributed by atoms with E-state index >= 15 is 0 Å². The zero-order valence-corrected chi connectivity index (χ0v) is 19.1. The van der Waals surface area contributed by atoms with Crippen molar-refractivity contribution in [2.75, 3.05) is 5.75 Å². The summed E-state index contributed by atoms with van der Waals surface area (Å²) in [5.41, 5.74) is 6.13. The second kappa shape index (κ2) is 13.0. The average molecular weight is 473 g/mol. The number of carbonyl (C=O) groups is 4. The lowest BCUT2D eigenvalue weighted by Gasteiger charge is -2.25. The summed E-state index contributed by atoms with van der Waals surface area (Å²) in [6.07, 6.45) is 1.94. The highest BCUT2D eigenvalue weighted by Crippen LogP contribution is 2.07. The van der Waals surface area contributed by atoms with Crippen LogP contribution in [0.1, 0.15) is 32.9 Å². The summed E-state index contributed by atoms with van der Waals surface area (Å²) in [7, 11) is 0. The number of H-pyrrole nitrogens is 1. The molecule has 180 valence electrons. The molecular weight excluding hydrogens is 440 g/mol. The van der Waals surface area contributed by atoms with E-state index < -0.39 is 54.0 Å². The van der Waals surface area contributed by atoms with Crippen molar-refractivity contribution < 1.29 is 29.4 Å². The number of hydrogen-bond donors (Lipinski definition) is 8. The number of nitrogens with two attached hydrogens (primary N) is 1. The number of amides is 3. The first-order chi connectivity index (χ1) is 15.0. The predicted octanol–water partition coefficient (Wildman–Crippen LogP) is -1.82. The maximum atomic E-state index is 12.8. The van der Waals surface area contributed by atoms with E-state index in [0.29, 0.717) is 5.69 Å². The number of carboxylic acid groups (broad SMARTS) is 1. The van der Waals surface area contributed by atoms with E-state index in [1.807, 2.05) is 13.8 Å². The van der Waals surface area contributed by atoms with Gasteiger partial charge in [-0.3, -0.25) is 14.4 Å². The monoisotopic (exact) mass is 472 g/mol. The van der Waals surface area contributed by atoms with E-state index in [0.717, 1.165) is 0 Å². The number of aromatic amines is 1. The smallest absolute Gasteiger partial charge is 0.326 e. The standard InChI is InChI=1S/C19H32N6O6S/c1-9(2)4-12(23-18(29)15(20)10(3)26)16(27)25-14(7-32)17(28)24-13(19(30)31)5-11-6-21-8-22-11/h6,8-10,12-15,26,32H,4-5,7,20H2,1-3H3,(H,21,22)(H,23,29)(H,24,28)(H,25,27)(H,30,31). The predicted molar refractivity (Wildman–Crippen MR) is 119 cm³/mol. The van der Waals surface area contributed by atoms with Gasteiger partial charge in [-0.2, -0.15) is 12.6 Å². The van der Waals surface area contributed by atoms with E-state index in [-0.39, 0.29) is 24.5 Å². The molecule has 1 aromatic heterocycles. The van der Waals surface area contributed by atoms with Gasteiger partial charge in [-0.05, 0) is 19.3 Å². The first-order valence-corrected chi connectivity index (χ1v) is 10.7. The third-order valence-electron chi connectivity index (χ3n) is 4.57. The lowest BCUT2D eigenvalue weighted by Crippen LogP contribution is -2.58. The van der Waals surface area contributed by atoms with Gasteiger partial charge in [0.25, 0.3) is 0 Å². The number of nitrogens with zero attached hydrogens (tertiary/aromatic N) is 1. The Hall–Kier alpha value is -2.64. The second-order valence-corrected chi connectivity index (χ2v) is 8.25. The Kier molecular flexibility index (Phi) is 11.2. The molecule has 13 heteroatoms. The Morgan fingerprint density at radius 3 is 2.09 bits per heavy atom. The summed E-state index contributed by atoms with van der Waals surface area (Å²) in [5.74, 6) is -3.45. The number of rotatable bonds is 13. The highest BCUT2D eigenvalue weighted by Gasteiger charge is 2.31. The molecule has 1 aromatic rings. The summed E-state index contributed by atoms with van der Waals surface area (Å²) in [6.45, 7) is 5.04. The summed E-state index contributed by atoms with van der Waals surface area (Å²) in [6, 6.07) is -4.63. The molecule has 0 aliphatic carbocycles. The van der Waals surface area contributed by atoms with E-state index in [1.54, 1.807) is 0 Å². The van der Waals surface area contributed by atoms with Crippen LogP contribution in [0.5, 0.6) is 0 Å². The van der Waals surface area contributed by atoms with Crippen molar-refractivity contribution in [3.8, 4) is 0 Å². The highest BCUT2D eigenvalue weighted by molar-refractivity contribution is 7.80. The Balaban J connectivity index is 2.85. The number of carboxylic acids is 1. The van der Waals surface area contributed by atoms with E-state index in [9.17, 15) is 29.4 Å². The Morgan fingerprint density at radius 1 is 1.06 bits per heavy atom. The minimum absolute atomic E-state index is 0.0166. The molecule has 0 bridgehead atoms. The minimum atomic E-state index is -1.26. The first-order valence-electron chi connectivity index (χ1n) is 10.1. The normalized spacial score (nSPS) is 15.8. The van der Waals surface area contributed by atoms with Crippen molar-refractivity contribution in [3.05, 3.63) is 18.2 Å². The van der Waals surface area contributed by atoms with Crippen molar-refractivity contribution in [2.24, 2.45) is 11.7 Å². The summed E-state index contributed by atoms with van der Waals surface area (Å²) < 4.78 is 0. The molecule has 5 unspecified atom stereocenters. The molecule has 0 radical (unpaired) electrons. The second-order valence-electron chi connectivity index (χ2n) is 7.88. The largest absolute Gasteiger partial charge is 0.480 e. The molecule has 0 saturated heterocycles. The van der Waals surface area contributed by atoms with Crippen molar-refractivity contribution in [2.45, 2.75) is 63.9 Å². The quantitative estimate of drug-likeness (QED) is 0.153. The molecule has 0 aliphatic rings. The number of aliphatic hydroxyl groups excluding tert-OH is 1. The Bertz CT molecular complexity index is 772. The molecule has 3 amide bonds. The van der Waals surface area contributed by atoms with E-state index in [1.165, 1.54) is 19.4 Å². The van der Waals surface area contributed by atoms with Crippen molar-refractivity contribution in [3.63, 3.8) is 0 Å². The number of aliphatic hydroxyl groups is 1. The van der Waals surface area contributed by atoms with E-state index in [4.69, 9.17) is 5.73 Å². The minimum Gasteiger partial charge on any atom is -0.480 e. The average Bonchev–Trinajstić information content (AvgIpc) is 3.22. The zero-order chi connectivity index (χ0) is 24.4. The number of thiol groups is 1. The fraction of sp³-hybridized carbons (Fsp3) is 0.632. The molecule has 8 N–H and O–H groups in total. The maximum absolute atomic E-state index is 12.8. The number of nitrogens with one attached hydrogen (secondary N) is 4. The van der Waals surface area contributed by atoms with E-state index in [2.05, 4.69) is 38.5 Å². The van der Waals surface area contributed by atoms with Gasteiger partial charge >= 0.3 is 5.97 Å². The topological polar surface area (TPSA) is 200 Å². The van der Waals surface area contributed by atoms with Gasteiger partial charge < -0.3 is 36.9 Å². The number of aromatic nitrogens is 2. The molecule has 1 rings (SSSR count). The lowest BCUT2D eigenvalue weighted by molar-refractivity contribution is -0.142. The molecular formula is C19H32N6O6S. The first kappa shape index (κ1) is 27.4. The third-order valence-corrected chi connectivity index (χ3v) is 4.94. The van der Waals surface area contributed by atoms with Crippen LogP contribution >= 0.6 is 12.6 Å². The van der Waals surface area contributed by atoms with Crippen LogP contribution in [-0.4, -0.2) is 79.9 Å². The van der Waals surface area contributed by atoms with Crippen molar-refractivity contribution >= 4 is 36.3 Å². The van der Waals surface area contributed by atoms with Gasteiger partial charge in [0.1, 0.15) is 24.2 Å². The zero-order valence-electron chi connectivity index (χ0n) is 18.2. The van der Waals surface area contributed by atoms with Crippen LogP contribution in [0, 0.1) is 5.92 Å². The summed E-state index contributed by atoms with van der Waals surface area (Å²) in [4.78, 5) is 55.7. The van der Waals surface area contributed by atoms with Crippen molar-refractivity contribution in [1.82, 2.24) is 25.9 Å². The van der Waals surface area contributed by atoms with Crippen LogP contribution in [0.25, 0.3) is 0 Å². The number of imidazole rings is 1. The molecule has 5 atom stereocenters. The summed E-state index contributed by atoms with van der Waals surface area (Å²) >= 11 is 4.08. The van der Waals surface area contributed by atoms with Crippen molar-refractivity contribution in [1.29, 1.82) is 0 Å². The molecule has 1 heterocycles. The van der Waals surface area contributed by atoms with Gasteiger partial charge in [-0.15, -0.1) is 0 Å². The van der Waals surface area contributed by atoms with Crippen LogP contribution in [0.3, 0.4) is 0 Å². The number of aliphatic carboxylic acids is 1. The number of carbonyl (C=O) groups excluding carboxylic acids is 3. The lowest BCUT2D eigenvalue weighted by atomic mass is 10.0.